The van der Waals surface area contributed by atoms with Crippen molar-refractivity contribution in [3.05, 3.63) is 21.9 Å². The summed E-state index contributed by atoms with van der Waals surface area (Å²) >= 11 is 1.60. The van der Waals surface area contributed by atoms with Gasteiger partial charge in [0.25, 0.3) is 5.91 Å². The third-order valence-electron chi connectivity index (χ3n) is 6.48. The number of amides is 1. The number of nitrogens with zero attached hydrogens (tertiary/aromatic N) is 3. The van der Waals surface area contributed by atoms with Crippen molar-refractivity contribution in [2.24, 2.45) is 5.92 Å². The Kier molecular flexibility index (Phi) is 8.33. The average Bonchev–Trinajstić information content (AvgIpc) is 3.34. The molecule has 0 radical (unpaired) electrons. The van der Waals surface area contributed by atoms with Crippen molar-refractivity contribution in [3.8, 4) is 0 Å². The van der Waals surface area contributed by atoms with E-state index in [2.05, 4.69) is 34.6 Å². The number of piperidine rings is 1. The van der Waals surface area contributed by atoms with E-state index < -0.39 is 0 Å². The maximum Gasteiger partial charge on any atom is 0.264 e. The third kappa shape index (κ3) is 5.56. The van der Waals surface area contributed by atoms with Crippen LogP contribution in [0.5, 0.6) is 0 Å². The minimum absolute atomic E-state index is 0.247. The van der Waals surface area contributed by atoms with Crippen LogP contribution in [0.4, 0.5) is 0 Å². The van der Waals surface area contributed by atoms with Crippen LogP contribution in [0.2, 0.25) is 0 Å². The van der Waals surface area contributed by atoms with Gasteiger partial charge in [-0.1, -0.05) is 6.92 Å². The SMILES string of the molecule is CCN1CCCC1CN(CC1CCN(CCOC)CC1)C(=O)c1sccc1C. The van der Waals surface area contributed by atoms with Crippen molar-refractivity contribution in [1.82, 2.24) is 14.7 Å². The number of rotatable bonds is 9. The van der Waals surface area contributed by atoms with E-state index in [1.807, 2.05) is 5.38 Å². The first-order valence-electron chi connectivity index (χ1n) is 10.9. The lowest BCUT2D eigenvalue weighted by atomic mass is 9.95. The summed E-state index contributed by atoms with van der Waals surface area (Å²) in [4.78, 5) is 21.5. The molecule has 2 aliphatic rings. The summed E-state index contributed by atoms with van der Waals surface area (Å²) in [6.45, 7) is 12.4. The van der Waals surface area contributed by atoms with Crippen molar-refractivity contribution in [3.63, 3.8) is 0 Å². The maximum absolute atomic E-state index is 13.4. The molecule has 0 bridgehead atoms. The molecule has 2 saturated heterocycles. The molecule has 3 heterocycles. The summed E-state index contributed by atoms with van der Waals surface area (Å²) in [5.41, 5.74) is 1.12. The molecule has 0 spiro atoms. The molecule has 1 amide bonds. The monoisotopic (exact) mass is 407 g/mol. The second-order valence-corrected chi connectivity index (χ2v) is 9.26. The number of methoxy groups -OCH3 is 1. The first kappa shape index (κ1) is 21.8. The standard InChI is InChI=1S/C22H37N3O2S/c1-4-24-10-5-6-20(24)17-25(22(26)21-18(2)9-15-28-21)16-19-7-11-23(12-8-19)13-14-27-3/h9,15,19-20H,4-8,10-14,16-17H2,1-3H3. The Morgan fingerprint density at radius 2 is 2.04 bits per heavy atom. The Morgan fingerprint density at radius 1 is 1.25 bits per heavy atom. The first-order chi connectivity index (χ1) is 13.6. The summed E-state index contributed by atoms with van der Waals surface area (Å²) in [5.74, 6) is 0.858. The van der Waals surface area contributed by atoms with Crippen LogP contribution in [0.25, 0.3) is 0 Å². The van der Waals surface area contributed by atoms with Crippen LogP contribution in [0.1, 0.15) is 47.8 Å². The van der Waals surface area contributed by atoms with Gasteiger partial charge in [-0.05, 0) is 81.7 Å². The van der Waals surface area contributed by atoms with Crippen LogP contribution in [-0.4, -0.2) is 86.2 Å². The van der Waals surface area contributed by atoms with Crippen LogP contribution in [-0.2, 0) is 4.74 Å². The van der Waals surface area contributed by atoms with E-state index in [1.54, 1.807) is 18.4 Å². The highest BCUT2D eigenvalue weighted by Gasteiger charge is 2.30. The number of carbonyl (C=O) groups is 1. The van der Waals surface area contributed by atoms with Gasteiger partial charge >= 0.3 is 0 Å². The molecule has 1 aromatic rings. The fraction of sp³-hybridized carbons (Fsp3) is 0.773. The fourth-order valence-electron chi connectivity index (χ4n) is 4.67. The lowest BCUT2D eigenvalue weighted by Gasteiger charge is -2.36. The number of hydrogen-bond acceptors (Lipinski definition) is 5. The van der Waals surface area contributed by atoms with Gasteiger partial charge < -0.3 is 14.5 Å². The molecule has 1 atom stereocenters. The Balaban J connectivity index is 1.63. The second kappa shape index (κ2) is 10.7. The zero-order valence-corrected chi connectivity index (χ0v) is 18.7. The molecule has 28 heavy (non-hydrogen) atoms. The van der Waals surface area contributed by atoms with Gasteiger partial charge in [0, 0.05) is 32.8 Å². The summed E-state index contributed by atoms with van der Waals surface area (Å²) in [6.07, 6.45) is 4.84. The van der Waals surface area contributed by atoms with Crippen LogP contribution >= 0.6 is 11.3 Å². The van der Waals surface area contributed by atoms with Gasteiger partial charge in [-0.3, -0.25) is 9.69 Å². The normalized spacial score (nSPS) is 22.0. The highest BCUT2D eigenvalue weighted by molar-refractivity contribution is 7.12. The number of ether oxygens (including phenoxy) is 1. The number of likely N-dealkylation sites (tertiary alicyclic amines) is 2. The van der Waals surface area contributed by atoms with Crippen molar-refractivity contribution in [2.75, 3.05) is 59.5 Å². The second-order valence-electron chi connectivity index (χ2n) is 8.35. The molecule has 1 aromatic heterocycles. The minimum Gasteiger partial charge on any atom is -0.383 e. The lowest BCUT2D eigenvalue weighted by Crippen LogP contribution is -2.46. The predicted molar refractivity (Wildman–Crippen MR) is 116 cm³/mol. The van der Waals surface area contributed by atoms with E-state index >= 15 is 0 Å². The molecule has 0 aromatic carbocycles. The van der Waals surface area contributed by atoms with E-state index in [-0.39, 0.29) is 5.91 Å². The smallest absolute Gasteiger partial charge is 0.264 e. The molecule has 2 fully saturated rings. The van der Waals surface area contributed by atoms with Gasteiger partial charge in [-0.2, -0.15) is 0 Å². The molecule has 158 valence electrons. The average molecular weight is 408 g/mol. The molecule has 2 aliphatic heterocycles. The zero-order valence-electron chi connectivity index (χ0n) is 17.9. The van der Waals surface area contributed by atoms with Gasteiger partial charge in [0.15, 0.2) is 0 Å². The van der Waals surface area contributed by atoms with E-state index in [0.29, 0.717) is 12.0 Å². The Bertz CT molecular complexity index is 613. The van der Waals surface area contributed by atoms with Gasteiger partial charge in [-0.25, -0.2) is 0 Å². The van der Waals surface area contributed by atoms with Crippen molar-refractivity contribution >= 4 is 17.2 Å². The molecule has 0 N–H and O–H groups in total. The number of aryl methyl sites for hydroxylation is 1. The van der Waals surface area contributed by atoms with Gasteiger partial charge in [0.05, 0.1) is 11.5 Å². The molecule has 3 rings (SSSR count). The molecule has 1 unspecified atom stereocenters. The van der Waals surface area contributed by atoms with Crippen molar-refractivity contribution < 1.29 is 9.53 Å². The first-order valence-corrected chi connectivity index (χ1v) is 11.8. The highest BCUT2D eigenvalue weighted by Crippen LogP contribution is 2.25. The van der Waals surface area contributed by atoms with Crippen molar-refractivity contribution in [2.45, 2.75) is 45.6 Å². The van der Waals surface area contributed by atoms with Crippen LogP contribution in [0.15, 0.2) is 11.4 Å². The Morgan fingerprint density at radius 3 is 2.68 bits per heavy atom. The lowest BCUT2D eigenvalue weighted by molar-refractivity contribution is 0.0620. The van der Waals surface area contributed by atoms with Gasteiger partial charge in [0.1, 0.15) is 0 Å². The Hall–Kier alpha value is -0.950. The van der Waals surface area contributed by atoms with E-state index in [9.17, 15) is 4.79 Å². The number of carbonyl (C=O) groups excluding carboxylic acids is 1. The van der Waals surface area contributed by atoms with E-state index in [1.165, 1.54) is 32.2 Å². The number of likely N-dealkylation sites (N-methyl/N-ethyl adjacent to an activating group) is 1. The van der Waals surface area contributed by atoms with Gasteiger partial charge in [0.2, 0.25) is 0 Å². The molecule has 0 saturated carbocycles. The number of thiophene rings is 1. The fourth-order valence-corrected chi connectivity index (χ4v) is 5.57. The summed E-state index contributed by atoms with van der Waals surface area (Å²) < 4.78 is 5.22. The minimum atomic E-state index is 0.247. The van der Waals surface area contributed by atoms with Crippen molar-refractivity contribution in [1.29, 1.82) is 0 Å². The highest BCUT2D eigenvalue weighted by atomic mass is 32.1. The zero-order chi connectivity index (χ0) is 19.9. The van der Waals surface area contributed by atoms with Crippen LogP contribution < -0.4 is 0 Å². The van der Waals surface area contributed by atoms with Crippen LogP contribution in [0, 0.1) is 12.8 Å². The summed E-state index contributed by atoms with van der Waals surface area (Å²) in [7, 11) is 1.77. The molecular formula is C22H37N3O2S. The molecule has 6 heteroatoms. The molecular weight excluding hydrogens is 370 g/mol. The van der Waals surface area contributed by atoms with E-state index in [0.717, 1.165) is 56.3 Å². The molecule has 5 nitrogen and oxygen atoms in total. The van der Waals surface area contributed by atoms with E-state index in [4.69, 9.17) is 4.74 Å². The largest absolute Gasteiger partial charge is 0.383 e. The maximum atomic E-state index is 13.4. The predicted octanol–water partition coefficient (Wildman–Crippen LogP) is 3.34. The topological polar surface area (TPSA) is 36.0 Å². The van der Waals surface area contributed by atoms with Gasteiger partial charge in [-0.15, -0.1) is 11.3 Å². The quantitative estimate of drug-likeness (QED) is 0.629. The summed E-state index contributed by atoms with van der Waals surface area (Å²) in [5, 5.41) is 2.04. The third-order valence-corrected chi connectivity index (χ3v) is 7.48. The number of hydrogen-bond donors (Lipinski definition) is 0. The molecule has 0 aliphatic carbocycles. The van der Waals surface area contributed by atoms with Crippen LogP contribution in [0.3, 0.4) is 0 Å². The Labute approximate surface area is 174 Å². The summed E-state index contributed by atoms with van der Waals surface area (Å²) in [6, 6.07) is 2.59.